The Morgan fingerprint density at radius 1 is 1.25 bits per heavy atom. The highest BCUT2D eigenvalue weighted by atomic mass is 16.5. The lowest BCUT2D eigenvalue weighted by atomic mass is 10.0. The fourth-order valence-electron chi connectivity index (χ4n) is 2.03. The monoisotopic (exact) mass is 276 g/mol. The van der Waals surface area contributed by atoms with Gasteiger partial charge >= 0.3 is 0 Å². The summed E-state index contributed by atoms with van der Waals surface area (Å²) in [6.07, 6.45) is 0.497. The molecule has 0 saturated heterocycles. The van der Waals surface area contributed by atoms with E-state index in [1.165, 1.54) is 0 Å². The van der Waals surface area contributed by atoms with Crippen LogP contribution in [0.25, 0.3) is 0 Å². The number of aliphatic hydroxyl groups is 1. The van der Waals surface area contributed by atoms with E-state index in [2.05, 4.69) is 26.1 Å². The number of hydrogen-bond acceptors (Lipinski definition) is 4. The van der Waals surface area contributed by atoms with Gasteiger partial charge in [0, 0.05) is 12.6 Å². The summed E-state index contributed by atoms with van der Waals surface area (Å²) >= 11 is 0. The first-order chi connectivity index (χ1) is 9.52. The van der Waals surface area contributed by atoms with E-state index in [4.69, 9.17) is 10.00 Å². The quantitative estimate of drug-likeness (QED) is 0.766. The molecule has 0 bridgehead atoms. The van der Waals surface area contributed by atoms with Gasteiger partial charge < -0.3 is 15.2 Å². The Labute approximate surface area is 121 Å². The molecule has 0 heterocycles. The number of nitrogens with zero attached hydrogens (tertiary/aromatic N) is 1. The van der Waals surface area contributed by atoms with Crippen LogP contribution in [0.5, 0.6) is 5.75 Å². The highest BCUT2D eigenvalue weighted by Gasteiger charge is 2.10. The average Bonchev–Trinajstić information content (AvgIpc) is 2.42. The molecule has 110 valence electrons. The van der Waals surface area contributed by atoms with E-state index >= 15 is 0 Å². The second-order valence-electron chi connectivity index (χ2n) is 5.43. The summed E-state index contributed by atoms with van der Waals surface area (Å²) in [7, 11) is 0. The van der Waals surface area contributed by atoms with E-state index in [1.54, 1.807) is 0 Å². The third kappa shape index (κ3) is 6.05. The SMILES string of the molecule is CC(C)CC(O)CNC(C)c1ccc(OCC#N)cc1. The molecule has 0 aliphatic rings. The number of benzene rings is 1. The van der Waals surface area contributed by atoms with Crippen molar-refractivity contribution in [2.75, 3.05) is 13.2 Å². The van der Waals surface area contributed by atoms with Gasteiger partial charge in [-0.1, -0.05) is 26.0 Å². The standard InChI is InChI=1S/C16H24N2O2/c1-12(2)10-15(19)11-18-13(3)14-4-6-16(7-5-14)20-9-8-17/h4-7,12-13,15,18-19H,9-11H2,1-3H3. The maximum Gasteiger partial charge on any atom is 0.174 e. The summed E-state index contributed by atoms with van der Waals surface area (Å²) in [5.41, 5.74) is 1.13. The zero-order valence-corrected chi connectivity index (χ0v) is 12.5. The van der Waals surface area contributed by atoms with Gasteiger partial charge in [0.05, 0.1) is 6.10 Å². The van der Waals surface area contributed by atoms with Gasteiger partial charge in [-0.15, -0.1) is 0 Å². The number of hydrogen-bond donors (Lipinski definition) is 2. The molecule has 20 heavy (non-hydrogen) atoms. The van der Waals surface area contributed by atoms with Gasteiger partial charge in [-0.3, -0.25) is 0 Å². The lowest BCUT2D eigenvalue weighted by Gasteiger charge is -2.19. The smallest absolute Gasteiger partial charge is 0.174 e. The van der Waals surface area contributed by atoms with Crippen molar-refractivity contribution in [1.29, 1.82) is 5.26 Å². The van der Waals surface area contributed by atoms with E-state index in [0.717, 1.165) is 12.0 Å². The molecule has 4 heteroatoms. The topological polar surface area (TPSA) is 65.3 Å². The van der Waals surface area contributed by atoms with Crippen LogP contribution in [0.4, 0.5) is 0 Å². The van der Waals surface area contributed by atoms with E-state index in [-0.39, 0.29) is 18.8 Å². The molecule has 1 aromatic carbocycles. The first-order valence-electron chi connectivity index (χ1n) is 7.04. The Bertz CT molecular complexity index is 423. The summed E-state index contributed by atoms with van der Waals surface area (Å²) in [6, 6.07) is 9.76. The second-order valence-corrected chi connectivity index (χ2v) is 5.43. The molecule has 0 aliphatic heterocycles. The largest absolute Gasteiger partial charge is 0.479 e. The molecule has 1 aromatic rings. The van der Waals surface area contributed by atoms with Crippen molar-refractivity contribution in [3.05, 3.63) is 29.8 Å². The Morgan fingerprint density at radius 2 is 1.90 bits per heavy atom. The van der Waals surface area contributed by atoms with E-state index in [0.29, 0.717) is 18.2 Å². The maximum atomic E-state index is 9.84. The molecule has 2 unspecified atom stereocenters. The van der Waals surface area contributed by atoms with Crippen molar-refractivity contribution in [2.24, 2.45) is 5.92 Å². The summed E-state index contributed by atoms with van der Waals surface area (Å²) in [5.74, 6) is 1.20. The third-order valence-corrected chi connectivity index (χ3v) is 3.09. The molecule has 0 saturated carbocycles. The highest BCUT2D eigenvalue weighted by Crippen LogP contribution is 2.17. The predicted octanol–water partition coefficient (Wildman–Crippen LogP) is 2.65. The van der Waals surface area contributed by atoms with Crippen molar-refractivity contribution in [2.45, 2.75) is 39.3 Å². The summed E-state index contributed by atoms with van der Waals surface area (Å²) < 4.78 is 5.21. The first-order valence-corrected chi connectivity index (χ1v) is 7.04. The van der Waals surface area contributed by atoms with Crippen LogP contribution in [0, 0.1) is 17.2 Å². The van der Waals surface area contributed by atoms with Crippen LogP contribution < -0.4 is 10.1 Å². The van der Waals surface area contributed by atoms with Crippen LogP contribution in [0.2, 0.25) is 0 Å². The molecule has 0 aliphatic carbocycles. The Hall–Kier alpha value is -1.57. The van der Waals surface area contributed by atoms with Crippen molar-refractivity contribution < 1.29 is 9.84 Å². The van der Waals surface area contributed by atoms with Gasteiger partial charge in [0.2, 0.25) is 0 Å². The van der Waals surface area contributed by atoms with Gasteiger partial charge in [0.15, 0.2) is 6.61 Å². The van der Waals surface area contributed by atoms with Gasteiger partial charge in [-0.25, -0.2) is 0 Å². The van der Waals surface area contributed by atoms with Crippen molar-refractivity contribution in [3.8, 4) is 11.8 Å². The minimum Gasteiger partial charge on any atom is -0.479 e. The van der Waals surface area contributed by atoms with Gasteiger partial charge in [-0.2, -0.15) is 5.26 Å². The minimum atomic E-state index is -0.310. The van der Waals surface area contributed by atoms with Crippen molar-refractivity contribution in [1.82, 2.24) is 5.32 Å². The summed E-state index contributed by atoms with van der Waals surface area (Å²) in [6.45, 7) is 6.92. The van der Waals surface area contributed by atoms with Crippen LogP contribution >= 0.6 is 0 Å². The number of nitriles is 1. The highest BCUT2D eigenvalue weighted by molar-refractivity contribution is 5.29. The van der Waals surface area contributed by atoms with Crippen LogP contribution in [0.3, 0.4) is 0 Å². The normalized spacial score (nSPS) is 13.8. The Balaban J connectivity index is 2.43. The number of aliphatic hydroxyl groups excluding tert-OH is 1. The van der Waals surface area contributed by atoms with Crippen molar-refractivity contribution >= 4 is 0 Å². The van der Waals surface area contributed by atoms with E-state index in [1.807, 2.05) is 30.3 Å². The zero-order chi connectivity index (χ0) is 15.0. The Morgan fingerprint density at radius 3 is 2.45 bits per heavy atom. The molecule has 2 atom stereocenters. The van der Waals surface area contributed by atoms with Gasteiger partial charge in [0.25, 0.3) is 0 Å². The van der Waals surface area contributed by atoms with Crippen LogP contribution in [0.1, 0.15) is 38.8 Å². The molecule has 0 aromatic heterocycles. The average molecular weight is 276 g/mol. The van der Waals surface area contributed by atoms with Gasteiger partial charge in [-0.05, 0) is 37.0 Å². The molecule has 0 spiro atoms. The molecule has 0 radical (unpaired) electrons. The summed E-state index contributed by atoms with van der Waals surface area (Å²) in [5, 5.41) is 21.6. The van der Waals surface area contributed by atoms with Crippen molar-refractivity contribution in [3.63, 3.8) is 0 Å². The second kappa shape index (κ2) is 8.57. The molecular formula is C16H24N2O2. The van der Waals surface area contributed by atoms with E-state index < -0.39 is 0 Å². The van der Waals surface area contributed by atoms with Crippen LogP contribution in [0.15, 0.2) is 24.3 Å². The lowest BCUT2D eigenvalue weighted by Crippen LogP contribution is -2.29. The summed E-state index contributed by atoms with van der Waals surface area (Å²) in [4.78, 5) is 0. The molecule has 2 N–H and O–H groups in total. The number of nitrogens with one attached hydrogen (secondary N) is 1. The molecule has 1 rings (SSSR count). The fraction of sp³-hybridized carbons (Fsp3) is 0.562. The molecular weight excluding hydrogens is 252 g/mol. The molecule has 0 fully saturated rings. The van der Waals surface area contributed by atoms with E-state index in [9.17, 15) is 5.11 Å². The lowest BCUT2D eigenvalue weighted by molar-refractivity contribution is 0.143. The van der Waals surface area contributed by atoms with Crippen LogP contribution in [-0.2, 0) is 0 Å². The number of rotatable bonds is 8. The maximum absolute atomic E-state index is 9.84. The fourth-order valence-corrected chi connectivity index (χ4v) is 2.03. The predicted molar refractivity (Wildman–Crippen MR) is 79.4 cm³/mol. The molecule has 4 nitrogen and oxygen atoms in total. The first kappa shape index (κ1) is 16.5. The third-order valence-electron chi connectivity index (χ3n) is 3.09. The van der Waals surface area contributed by atoms with Gasteiger partial charge in [0.1, 0.15) is 11.8 Å². The zero-order valence-electron chi connectivity index (χ0n) is 12.5. The minimum absolute atomic E-state index is 0.0640. The molecule has 0 amide bonds. The van der Waals surface area contributed by atoms with Crippen LogP contribution in [-0.4, -0.2) is 24.4 Å². The Kier molecular flexibility index (Phi) is 7.06. The number of ether oxygens (including phenoxy) is 1.